The third-order valence-corrected chi connectivity index (χ3v) is 7.63. The van der Waals surface area contributed by atoms with Crippen LogP contribution in [-0.2, 0) is 41.3 Å². The second kappa shape index (κ2) is 12.6. The highest BCUT2D eigenvalue weighted by atomic mass is 16.1. The zero-order chi connectivity index (χ0) is 31.0. The van der Waals surface area contributed by atoms with Gasteiger partial charge in [0.05, 0.1) is 28.2 Å². The van der Waals surface area contributed by atoms with Crippen molar-refractivity contribution in [1.82, 2.24) is 0 Å². The summed E-state index contributed by atoms with van der Waals surface area (Å²) in [6.45, 7) is 0. The molecule has 210 valence electrons. The maximum atomic E-state index is 12.5. The number of hydrogen-bond donors (Lipinski definition) is 0. The van der Waals surface area contributed by atoms with Crippen molar-refractivity contribution in [3.8, 4) is 0 Å². The standard InChI is InChI=1S/C34H19N5O5/c40-19-35-27-12-6-24(7-13-27)34(25-8-14-28(15-9-25)36-20-41,26-10-16-29(17-11-26)37-21-42)33(39-23-44)18-2-3-30-31(33)4-1-5-32(30)38-22-43/h1-2,4-18H,3H2. The van der Waals surface area contributed by atoms with Gasteiger partial charge in [-0.15, -0.1) is 0 Å². The van der Waals surface area contributed by atoms with Gasteiger partial charge in [0, 0.05) is 0 Å². The molecule has 0 aliphatic heterocycles. The first-order valence-electron chi connectivity index (χ1n) is 13.1. The average Bonchev–Trinajstić information content (AvgIpc) is 3.05. The summed E-state index contributed by atoms with van der Waals surface area (Å²) >= 11 is 0. The van der Waals surface area contributed by atoms with Crippen molar-refractivity contribution in [3.63, 3.8) is 0 Å². The Balaban J connectivity index is 2.02. The fraction of sp³-hybridized carbons (Fsp3) is 0.0882. The van der Waals surface area contributed by atoms with Gasteiger partial charge in [0.15, 0.2) is 0 Å². The largest absolute Gasteiger partial charge is 0.240 e. The van der Waals surface area contributed by atoms with Crippen molar-refractivity contribution in [2.24, 2.45) is 25.0 Å². The van der Waals surface area contributed by atoms with Gasteiger partial charge in [0.2, 0.25) is 30.4 Å². The van der Waals surface area contributed by atoms with Gasteiger partial charge in [0.25, 0.3) is 0 Å². The molecule has 0 fully saturated rings. The molecule has 1 aliphatic carbocycles. The van der Waals surface area contributed by atoms with E-state index in [1.165, 1.54) is 18.2 Å². The number of benzene rings is 4. The summed E-state index contributed by atoms with van der Waals surface area (Å²) in [5.41, 5.74) is 1.53. The molecule has 4 aromatic rings. The Morgan fingerprint density at radius 2 is 1.00 bits per heavy atom. The minimum atomic E-state index is -1.54. The Kier molecular flexibility index (Phi) is 8.30. The number of carbonyl (C=O) groups excluding carboxylic acids is 5. The smallest absolute Gasteiger partial charge is 0.211 e. The lowest BCUT2D eigenvalue weighted by Gasteiger charge is -2.49. The SMILES string of the molecule is O=C=Nc1ccc(C(c2ccc(N=C=O)cc2)(c2ccc(N=C=O)cc2)C2(N=C=O)C=CCc3c(N=C=O)cccc32)cc1. The molecule has 0 radical (unpaired) electrons. The normalized spacial score (nSPS) is 15.8. The summed E-state index contributed by atoms with van der Waals surface area (Å²) in [6.07, 6.45) is 12.0. The second-order valence-electron chi connectivity index (χ2n) is 9.58. The van der Waals surface area contributed by atoms with Gasteiger partial charge >= 0.3 is 0 Å². The van der Waals surface area contributed by atoms with Crippen LogP contribution in [0.3, 0.4) is 0 Å². The number of fused-ring (bicyclic) bond motifs is 1. The van der Waals surface area contributed by atoms with Crippen LogP contribution >= 0.6 is 0 Å². The highest BCUT2D eigenvalue weighted by molar-refractivity contribution is 5.69. The van der Waals surface area contributed by atoms with E-state index in [2.05, 4.69) is 25.0 Å². The third kappa shape index (κ3) is 4.84. The molecule has 0 heterocycles. The maximum absolute atomic E-state index is 12.5. The van der Waals surface area contributed by atoms with E-state index in [-0.39, 0.29) is 0 Å². The number of rotatable bonds is 9. The van der Waals surface area contributed by atoms with E-state index in [0.717, 1.165) is 0 Å². The predicted octanol–water partition coefficient (Wildman–Crippen LogP) is 6.23. The number of allylic oxidation sites excluding steroid dienone is 1. The fourth-order valence-corrected chi connectivity index (χ4v) is 5.99. The monoisotopic (exact) mass is 577 g/mol. The molecule has 4 aromatic carbocycles. The van der Waals surface area contributed by atoms with Gasteiger partial charge in [-0.05, 0) is 76.7 Å². The van der Waals surface area contributed by atoms with Crippen LogP contribution in [0.15, 0.2) is 128 Å². The van der Waals surface area contributed by atoms with E-state index in [0.29, 0.717) is 57.0 Å². The summed E-state index contributed by atoms with van der Waals surface area (Å²) in [4.78, 5) is 76.5. The highest BCUT2D eigenvalue weighted by Crippen LogP contribution is 2.58. The summed E-state index contributed by atoms with van der Waals surface area (Å²) < 4.78 is 0. The van der Waals surface area contributed by atoms with Crippen LogP contribution in [0.25, 0.3) is 0 Å². The number of hydrogen-bond acceptors (Lipinski definition) is 10. The quantitative estimate of drug-likeness (QED) is 0.100. The molecule has 1 aliphatic rings. The second-order valence-corrected chi connectivity index (χ2v) is 9.58. The van der Waals surface area contributed by atoms with Gasteiger partial charge in [0.1, 0.15) is 5.54 Å². The van der Waals surface area contributed by atoms with Crippen molar-refractivity contribution in [3.05, 3.63) is 131 Å². The molecule has 0 spiro atoms. The number of nitrogens with zero attached hydrogens (tertiary/aromatic N) is 5. The Morgan fingerprint density at radius 3 is 1.41 bits per heavy atom. The first kappa shape index (κ1) is 29.0. The lowest BCUT2D eigenvalue weighted by molar-refractivity contribution is 0.376. The molecule has 0 amide bonds. The third-order valence-electron chi connectivity index (χ3n) is 7.63. The molecule has 0 saturated heterocycles. The van der Waals surface area contributed by atoms with E-state index >= 15 is 0 Å². The summed E-state index contributed by atoms with van der Waals surface area (Å²) in [7, 11) is 0. The predicted molar refractivity (Wildman–Crippen MR) is 159 cm³/mol. The lowest BCUT2D eigenvalue weighted by atomic mass is 9.54. The van der Waals surface area contributed by atoms with Crippen LogP contribution in [0.4, 0.5) is 22.7 Å². The molecule has 0 bridgehead atoms. The van der Waals surface area contributed by atoms with E-state index in [1.807, 2.05) is 6.08 Å². The Morgan fingerprint density at radius 1 is 0.545 bits per heavy atom. The minimum absolute atomic E-state index is 0.346. The number of aliphatic imine (C=N–C) groups is 5. The summed E-state index contributed by atoms with van der Waals surface area (Å²) in [5, 5.41) is 0. The fourth-order valence-electron chi connectivity index (χ4n) is 5.99. The summed E-state index contributed by atoms with van der Waals surface area (Å²) in [5.74, 6) is 0. The van der Waals surface area contributed by atoms with Crippen LogP contribution in [-0.4, -0.2) is 30.4 Å². The topological polar surface area (TPSA) is 147 Å². The zero-order valence-corrected chi connectivity index (χ0v) is 22.8. The maximum Gasteiger partial charge on any atom is 0.240 e. The molecule has 0 saturated carbocycles. The van der Waals surface area contributed by atoms with Gasteiger partial charge in [-0.1, -0.05) is 60.7 Å². The molecule has 0 N–H and O–H groups in total. The van der Waals surface area contributed by atoms with Gasteiger partial charge < -0.3 is 0 Å². The first-order valence-corrected chi connectivity index (χ1v) is 13.1. The van der Waals surface area contributed by atoms with Crippen LogP contribution in [0, 0.1) is 0 Å². The van der Waals surface area contributed by atoms with E-state index in [4.69, 9.17) is 0 Å². The van der Waals surface area contributed by atoms with Crippen LogP contribution in [0.2, 0.25) is 0 Å². The van der Waals surface area contributed by atoms with E-state index in [9.17, 15) is 24.0 Å². The molecule has 44 heavy (non-hydrogen) atoms. The highest BCUT2D eigenvalue weighted by Gasteiger charge is 2.57. The lowest BCUT2D eigenvalue weighted by Crippen LogP contribution is -2.50. The van der Waals surface area contributed by atoms with Crippen molar-refractivity contribution < 1.29 is 24.0 Å². The van der Waals surface area contributed by atoms with E-state index < -0.39 is 11.0 Å². The van der Waals surface area contributed by atoms with Crippen molar-refractivity contribution in [1.29, 1.82) is 0 Å². The van der Waals surface area contributed by atoms with Gasteiger partial charge in [-0.3, -0.25) is 0 Å². The Bertz CT molecular complexity index is 1860. The molecule has 10 nitrogen and oxygen atoms in total. The Hall–Kier alpha value is -6.48. The molecule has 5 rings (SSSR count). The van der Waals surface area contributed by atoms with Gasteiger partial charge in [-0.25, -0.2) is 24.0 Å². The first-order chi connectivity index (χ1) is 21.6. The van der Waals surface area contributed by atoms with Crippen molar-refractivity contribution in [2.75, 3.05) is 0 Å². The molecular formula is C34H19N5O5. The van der Waals surface area contributed by atoms with Crippen LogP contribution < -0.4 is 0 Å². The Labute approximate surface area is 250 Å². The van der Waals surface area contributed by atoms with E-state index in [1.54, 1.807) is 109 Å². The van der Waals surface area contributed by atoms with Crippen molar-refractivity contribution >= 4 is 53.1 Å². The molecular weight excluding hydrogens is 558 g/mol. The molecule has 1 unspecified atom stereocenters. The van der Waals surface area contributed by atoms with Gasteiger partial charge in [-0.2, -0.15) is 25.0 Å². The zero-order valence-electron chi connectivity index (χ0n) is 22.8. The van der Waals surface area contributed by atoms with Crippen LogP contribution in [0.1, 0.15) is 27.8 Å². The minimum Gasteiger partial charge on any atom is -0.211 e. The van der Waals surface area contributed by atoms with Crippen molar-refractivity contribution in [2.45, 2.75) is 17.4 Å². The summed E-state index contributed by atoms with van der Waals surface area (Å²) in [6, 6.07) is 25.5. The molecule has 0 aromatic heterocycles. The molecule has 1 atom stereocenters. The molecule has 10 heteroatoms. The number of isocyanates is 5. The van der Waals surface area contributed by atoms with Crippen LogP contribution in [0.5, 0.6) is 0 Å². The average molecular weight is 578 g/mol.